The highest BCUT2D eigenvalue weighted by Crippen LogP contribution is 2.29. The van der Waals surface area contributed by atoms with Gasteiger partial charge in [0.05, 0.1) is 17.7 Å². The number of hydrogen-bond acceptors (Lipinski definition) is 5. The van der Waals surface area contributed by atoms with Gasteiger partial charge in [-0.25, -0.2) is 4.98 Å². The predicted molar refractivity (Wildman–Crippen MR) is 79.6 cm³/mol. The molecule has 0 unspecified atom stereocenters. The van der Waals surface area contributed by atoms with Crippen LogP contribution >= 0.6 is 11.3 Å². The van der Waals surface area contributed by atoms with Gasteiger partial charge < -0.3 is 15.8 Å². The van der Waals surface area contributed by atoms with Gasteiger partial charge in [0, 0.05) is 25.1 Å². The zero-order valence-electron chi connectivity index (χ0n) is 12.1. The minimum Gasteiger partial charge on any atom is -0.381 e. The first-order valence-electron chi connectivity index (χ1n) is 7.08. The average molecular weight is 297 g/mol. The van der Waals surface area contributed by atoms with Crippen molar-refractivity contribution in [1.29, 1.82) is 0 Å². The third-order valence-corrected chi connectivity index (χ3v) is 4.75. The van der Waals surface area contributed by atoms with E-state index in [1.807, 2.05) is 0 Å². The van der Waals surface area contributed by atoms with Crippen LogP contribution in [-0.2, 0) is 16.1 Å². The second-order valence-electron chi connectivity index (χ2n) is 5.60. The molecule has 1 saturated heterocycles. The number of carbonyl (C=O) groups excluding carboxylic acids is 1. The molecule has 2 rings (SSSR count). The summed E-state index contributed by atoms with van der Waals surface area (Å²) in [4.78, 5) is 16.9. The van der Waals surface area contributed by atoms with Crippen LogP contribution in [0.15, 0.2) is 5.38 Å². The number of thiazole rings is 1. The number of nitrogens with zero attached hydrogens (tertiary/aromatic N) is 1. The van der Waals surface area contributed by atoms with Crippen molar-refractivity contribution in [2.75, 3.05) is 19.8 Å². The lowest BCUT2D eigenvalue weighted by atomic mass is 9.79. The Bertz CT molecular complexity index is 453. The summed E-state index contributed by atoms with van der Waals surface area (Å²) in [6.07, 6.45) is 1.40. The molecule has 112 valence electrons. The van der Waals surface area contributed by atoms with Crippen molar-refractivity contribution in [2.24, 2.45) is 11.1 Å². The minimum absolute atomic E-state index is 0.0320. The molecule has 20 heavy (non-hydrogen) atoms. The molecule has 1 amide bonds. The third-order valence-electron chi connectivity index (χ3n) is 3.88. The summed E-state index contributed by atoms with van der Waals surface area (Å²) in [6.45, 7) is 6.31. The van der Waals surface area contributed by atoms with E-state index in [4.69, 9.17) is 10.5 Å². The smallest absolute Gasteiger partial charge is 0.228 e. The Morgan fingerprint density at radius 2 is 2.25 bits per heavy atom. The molecule has 0 bridgehead atoms. The molecule has 0 radical (unpaired) electrons. The van der Waals surface area contributed by atoms with Crippen LogP contribution in [0.3, 0.4) is 0 Å². The highest BCUT2D eigenvalue weighted by atomic mass is 32.1. The van der Waals surface area contributed by atoms with Crippen molar-refractivity contribution in [1.82, 2.24) is 10.3 Å². The van der Waals surface area contributed by atoms with Crippen molar-refractivity contribution >= 4 is 17.2 Å². The minimum atomic E-state index is -0.462. The Balaban J connectivity index is 1.93. The van der Waals surface area contributed by atoms with Crippen LogP contribution in [0.1, 0.15) is 43.3 Å². The van der Waals surface area contributed by atoms with Crippen molar-refractivity contribution in [2.45, 2.75) is 39.2 Å². The predicted octanol–water partition coefficient (Wildman–Crippen LogP) is 1.64. The average Bonchev–Trinajstić information content (AvgIpc) is 2.94. The molecule has 2 heterocycles. The van der Waals surface area contributed by atoms with Crippen LogP contribution in [0.5, 0.6) is 0 Å². The van der Waals surface area contributed by atoms with Gasteiger partial charge in [0.25, 0.3) is 0 Å². The summed E-state index contributed by atoms with van der Waals surface area (Å²) in [5, 5.41) is 5.99. The molecule has 5 nitrogen and oxygen atoms in total. The number of nitrogens with two attached hydrogens (primary N) is 1. The first kappa shape index (κ1) is 15.4. The molecule has 6 heteroatoms. The first-order valence-corrected chi connectivity index (χ1v) is 7.96. The van der Waals surface area contributed by atoms with Crippen molar-refractivity contribution in [3.05, 3.63) is 16.1 Å². The molecule has 1 aliphatic heterocycles. The molecule has 0 aliphatic carbocycles. The van der Waals surface area contributed by atoms with E-state index in [-0.39, 0.29) is 5.91 Å². The molecular weight excluding hydrogens is 274 g/mol. The Morgan fingerprint density at radius 3 is 2.80 bits per heavy atom. The highest BCUT2D eigenvalue weighted by Gasteiger charge is 2.38. The molecule has 1 fully saturated rings. The van der Waals surface area contributed by atoms with Crippen LogP contribution in [-0.4, -0.2) is 30.6 Å². The Morgan fingerprint density at radius 1 is 1.55 bits per heavy atom. The molecule has 0 saturated carbocycles. The van der Waals surface area contributed by atoms with Gasteiger partial charge in [0.2, 0.25) is 5.91 Å². The number of amides is 1. The molecule has 0 spiro atoms. The van der Waals surface area contributed by atoms with Gasteiger partial charge in [-0.15, -0.1) is 11.3 Å². The summed E-state index contributed by atoms with van der Waals surface area (Å²) < 4.78 is 5.32. The summed E-state index contributed by atoms with van der Waals surface area (Å²) in [6, 6.07) is 0. The van der Waals surface area contributed by atoms with E-state index in [2.05, 4.69) is 29.5 Å². The Labute approximate surface area is 123 Å². The lowest BCUT2D eigenvalue weighted by Gasteiger charge is -2.34. The largest absolute Gasteiger partial charge is 0.381 e. The second kappa shape index (κ2) is 6.65. The Kier molecular flexibility index (Phi) is 5.12. The fraction of sp³-hybridized carbons (Fsp3) is 0.714. The molecular formula is C14H23N3O2S. The van der Waals surface area contributed by atoms with Gasteiger partial charge in [-0.2, -0.15) is 0 Å². The quantitative estimate of drug-likeness (QED) is 0.866. The third kappa shape index (κ3) is 3.37. The zero-order valence-corrected chi connectivity index (χ0v) is 13.0. The second-order valence-corrected chi connectivity index (χ2v) is 6.54. The molecule has 0 aromatic carbocycles. The van der Waals surface area contributed by atoms with Crippen molar-refractivity contribution < 1.29 is 9.53 Å². The molecule has 1 aromatic heterocycles. The fourth-order valence-corrected chi connectivity index (χ4v) is 3.20. The normalized spacial score (nSPS) is 18.2. The highest BCUT2D eigenvalue weighted by molar-refractivity contribution is 7.09. The monoisotopic (exact) mass is 297 g/mol. The molecule has 1 aliphatic rings. The number of ether oxygens (including phenoxy) is 1. The van der Waals surface area contributed by atoms with Crippen LogP contribution in [0.4, 0.5) is 0 Å². The van der Waals surface area contributed by atoms with Crippen LogP contribution in [0.2, 0.25) is 0 Å². The SMILES string of the molecule is CC(C)c1csc(CNC(=O)C2(CN)CCOCC2)n1. The van der Waals surface area contributed by atoms with Gasteiger partial charge in [0.1, 0.15) is 5.01 Å². The number of rotatable bonds is 5. The zero-order chi connectivity index (χ0) is 14.6. The van der Waals surface area contributed by atoms with E-state index in [1.165, 1.54) is 0 Å². The molecule has 0 atom stereocenters. The maximum atomic E-state index is 12.4. The van der Waals surface area contributed by atoms with E-state index >= 15 is 0 Å². The number of aromatic nitrogens is 1. The number of carbonyl (C=O) groups is 1. The standard InChI is InChI=1S/C14H23N3O2S/c1-10(2)11-8-20-12(17-11)7-16-13(18)14(9-15)3-5-19-6-4-14/h8,10H,3-7,9,15H2,1-2H3,(H,16,18). The summed E-state index contributed by atoms with van der Waals surface area (Å²) in [5.74, 6) is 0.450. The fourth-order valence-electron chi connectivity index (χ4n) is 2.30. The summed E-state index contributed by atoms with van der Waals surface area (Å²) in [5.41, 5.74) is 6.44. The van der Waals surface area contributed by atoms with Gasteiger partial charge in [-0.1, -0.05) is 13.8 Å². The summed E-state index contributed by atoms with van der Waals surface area (Å²) in [7, 11) is 0. The van der Waals surface area contributed by atoms with Crippen molar-refractivity contribution in [3.8, 4) is 0 Å². The van der Waals surface area contributed by atoms with Gasteiger partial charge in [0.15, 0.2) is 0 Å². The van der Waals surface area contributed by atoms with E-state index < -0.39 is 5.41 Å². The van der Waals surface area contributed by atoms with E-state index in [0.29, 0.717) is 45.1 Å². The van der Waals surface area contributed by atoms with Gasteiger partial charge in [-0.3, -0.25) is 4.79 Å². The first-order chi connectivity index (χ1) is 9.57. The van der Waals surface area contributed by atoms with Gasteiger partial charge in [-0.05, 0) is 18.8 Å². The van der Waals surface area contributed by atoms with Crippen LogP contribution in [0, 0.1) is 5.41 Å². The lowest BCUT2D eigenvalue weighted by molar-refractivity contribution is -0.136. The number of nitrogens with one attached hydrogen (secondary N) is 1. The maximum Gasteiger partial charge on any atom is 0.228 e. The lowest BCUT2D eigenvalue weighted by Crippen LogP contribution is -2.48. The van der Waals surface area contributed by atoms with E-state index in [9.17, 15) is 4.79 Å². The van der Waals surface area contributed by atoms with E-state index in [1.54, 1.807) is 11.3 Å². The number of hydrogen-bond donors (Lipinski definition) is 2. The Hall–Kier alpha value is -0.980. The van der Waals surface area contributed by atoms with E-state index in [0.717, 1.165) is 10.7 Å². The maximum absolute atomic E-state index is 12.4. The molecule has 1 aromatic rings. The topological polar surface area (TPSA) is 77.2 Å². The molecule has 3 N–H and O–H groups in total. The van der Waals surface area contributed by atoms with Crippen molar-refractivity contribution in [3.63, 3.8) is 0 Å². The van der Waals surface area contributed by atoms with Crippen LogP contribution in [0.25, 0.3) is 0 Å². The summed E-state index contributed by atoms with van der Waals surface area (Å²) >= 11 is 1.59. The van der Waals surface area contributed by atoms with Crippen LogP contribution < -0.4 is 11.1 Å². The van der Waals surface area contributed by atoms with Gasteiger partial charge >= 0.3 is 0 Å².